The van der Waals surface area contributed by atoms with E-state index in [4.69, 9.17) is 9.78 Å². The zero-order valence-corrected chi connectivity index (χ0v) is 23.9. The lowest BCUT2D eigenvalue weighted by atomic mass is 9.63. The van der Waals surface area contributed by atoms with E-state index < -0.39 is 11.2 Å². The van der Waals surface area contributed by atoms with Gasteiger partial charge in [-0.2, -0.15) is 0 Å². The Kier molecular flexibility index (Phi) is 8.87. The summed E-state index contributed by atoms with van der Waals surface area (Å²) >= 11 is 0. The predicted octanol–water partition coefficient (Wildman–Crippen LogP) is 9.40. The SMILES string of the molecule is CC(C)C(C(C)(C)C)C(C)(OOC(C)(c1ccccc1)C(C(C)C)C(C)(C)C)c1ccccc1. The van der Waals surface area contributed by atoms with Crippen LogP contribution in [-0.2, 0) is 21.0 Å². The molecule has 0 fully saturated rings. The lowest BCUT2D eigenvalue weighted by Gasteiger charge is -2.50. The van der Waals surface area contributed by atoms with Crippen LogP contribution in [0.3, 0.4) is 0 Å². The third kappa shape index (κ3) is 6.13. The standard InChI is InChI=1S/C32H50O2/c1-23(2)27(29(5,6)7)31(11,25-19-15-13-16-20-25)33-34-32(12,26-21-17-14-18-22-26)28(24(3)4)30(8,9)10/h13-24,27-28H,1-12H3. The first-order valence-corrected chi connectivity index (χ1v) is 13.0. The lowest BCUT2D eigenvalue weighted by molar-refractivity contribution is -0.447. The Morgan fingerprint density at radius 2 is 0.735 bits per heavy atom. The molecular formula is C32H50O2. The van der Waals surface area contributed by atoms with Crippen LogP contribution in [0.5, 0.6) is 0 Å². The van der Waals surface area contributed by atoms with Gasteiger partial charge in [0.25, 0.3) is 0 Å². The van der Waals surface area contributed by atoms with E-state index in [0.29, 0.717) is 11.8 Å². The summed E-state index contributed by atoms with van der Waals surface area (Å²) in [6.07, 6.45) is 0. The lowest BCUT2D eigenvalue weighted by Crippen LogP contribution is -2.50. The molecule has 2 aromatic rings. The minimum Gasteiger partial charge on any atom is -0.224 e. The molecule has 2 rings (SSSR count). The average molecular weight is 467 g/mol. The molecule has 190 valence electrons. The first-order valence-electron chi connectivity index (χ1n) is 13.0. The monoisotopic (exact) mass is 466 g/mol. The van der Waals surface area contributed by atoms with Gasteiger partial charge in [-0.25, -0.2) is 9.78 Å². The van der Waals surface area contributed by atoms with Gasteiger partial charge in [-0.3, -0.25) is 0 Å². The number of hydrogen-bond donors (Lipinski definition) is 0. The van der Waals surface area contributed by atoms with Crippen molar-refractivity contribution >= 4 is 0 Å². The summed E-state index contributed by atoms with van der Waals surface area (Å²) in [5.74, 6) is 1.27. The summed E-state index contributed by atoms with van der Waals surface area (Å²) in [4.78, 5) is 13.6. The van der Waals surface area contributed by atoms with Crippen molar-refractivity contribution in [3.05, 3.63) is 71.8 Å². The highest BCUT2D eigenvalue weighted by Crippen LogP contribution is 2.52. The van der Waals surface area contributed by atoms with Gasteiger partial charge in [0.15, 0.2) is 0 Å². The van der Waals surface area contributed by atoms with Crippen LogP contribution in [0.4, 0.5) is 0 Å². The van der Waals surface area contributed by atoms with E-state index in [1.807, 2.05) is 0 Å². The maximum atomic E-state index is 6.81. The maximum absolute atomic E-state index is 6.81. The molecule has 4 atom stereocenters. The minimum absolute atomic E-state index is 0.0206. The molecule has 2 heteroatoms. The molecule has 34 heavy (non-hydrogen) atoms. The summed E-state index contributed by atoms with van der Waals surface area (Å²) in [6.45, 7) is 27.5. The Morgan fingerprint density at radius 1 is 0.471 bits per heavy atom. The minimum atomic E-state index is -0.622. The summed E-state index contributed by atoms with van der Waals surface area (Å²) in [6, 6.07) is 21.2. The fourth-order valence-corrected chi connectivity index (χ4v) is 7.20. The molecule has 0 aliphatic heterocycles. The zero-order valence-electron chi connectivity index (χ0n) is 23.9. The van der Waals surface area contributed by atoms with Gasteiger partial charge in [0, 0.05) is 11.8 Å². The van der Waals surface area contributed by atoms with Gasteiger partial charge in [-0.1, -0.05) is 130 Å². The van der Waals surface area contributed by atoms with E-state index in [9.17, 15) is 0 Å². The van der Waals surface area contributed by atoms with Crippen molar-refractivity contribution < 1.29 is 9.78 Å². The molecule has 2 nitrogen and oxygen atoms in total. The van der Waals surface area contributed by atoms with E-state index in [1.54, 1.807) is 0 Å². The van der Waals surface area contributed by atoms with Crippen molar-refractivity contribution in [2.75, 3.05) is 0 Å². The maximum Gasteiger partial charge on any atom is 0.129 e. The molecule has 0 bridgehead atoms. The van der Waals surface area contributed by atoms with Gasteiger partial charge in [0.1, 0.15) is 11.2 Å². The Bertz CT molecular complexity index is 797. The van der Waals surface area contributed by atoms with Gasteiger partial charge in [0.05, 0.1) is 0 Å². The summed E-state index contributed by atoms with van der Waals surface area (Å²) in [7, 11) is 0. The first kappa shape index (κ1) is 28.6. The van der Waals surface area contributed by atoms with Crippen LogP contribution in [0.1, 0.15) is 94.2 Å². The summed E-state index contributed by atoms with van der Waals surface area (Å²) in [5.41, 5.74) is 1.10. The van der Waals surface area contributed by atoms with E-state index >= 15 is 0 Å². The van der Waals surface area contributed by atoms with Crippen molar-refractivity contribution in [3.8, 4) is 0 Å². The molecule has 0 amide bonds. The largest absolute Gasteiger partial charge is 0.224 e. The fourth-order valence-electron chi connectivity index (χ4n) is 7.20. The first-order chi connectivity index (χ1) is 15.5. The molecule has 4 unspecified atom stereocenters. The quantitative estimate of drug-likeness (QED) is 0.271. The summed E-state index contributed by atoms with van der Waals surface area (Å²) in [5, 5.41) is 0. The van der Waals surface area contributed by atoms with Gasteiger partial charge in [-0.05, 0) is 47.6 Å². The number of benzene rings is 2. The molecular weight excluding hydrogens is 416 g/mol. The smallest absolute Gasteiger partial charge is 0.129 e. The zero-order chi connectivity index (χ0) is 25.9. The Morgan fingerprint density at radius 3 is 0.941 bits per heavy atom. The molecule has 0 spiro atoms. The molecule has 0 radical (unpaired) electrons. The van der Waals surface area contributed by atoms with Gasteiger partial charge >= 0.3 is 0 Å². The van der Waals surface area contributed by atoms with Crippen molar-refractivity contribution in [1.29, 1.82) is 0 Å². The number of hydrogen-bond acceptors (Lipinski definition) is 2. The van der Waals surface area contributed by atoms with Crippen LogP contribution < -0.4 is 0 Å². The third-order valence-electron chi connectivity index (χ3n) is 7.47. The van der Waals surface area contributed by atoms with Gasteiger partial charge in [-0.15, -0.1) is 0 Å². The van der Waals surface area contributed by atoms with Crippen molar-refractivity contribution in [1.82, 2.24) is 0 Å². The van der Waals surface area contributed by atoms with Crippen molar-refractivity contribution in [3.63, 3.8) is 0 Å². The van der Waals surface area contributed by atoms with Crippen LogP contribution in [0.25, 0.3) is 0 Å². The fraction of sp³-hybridized carbons (Fsp3) is 0.625. The highest BCUT2D eigenvalue weighted by molar-refractivity contribution is 5.25. The van der Waals surface area contributed by atoms with Crippen LogP contribution >= 0.6 is 0 Å². The second kappa shape index (κ2) is 10.5. The van der Waals surface area contributed by atoms with E-state index in [0.717, 1.165) is 11.1 Å². The second-order valence-corrected chi connectivity index (χ2v) is 13.3. The van der Waals surface area contributed by atoms with Crippen LogP contribution in [-0.4, -0.2) is 0 Å². The van der Waals surface area contributed by atoms with Gasteiger partial charge < -0.3 is 0 Å². The highest BCUT2D eigenvalue weighted by atomic mass is 17.2. The third-order valence-corrected chi connectivity index (χ3v) is 7.47. The Hall–Kier alpha value is -1.64. The Labute approximate surface area is 210 Å². The average Bonchev–Trinajstić information content (AvgIpc) is 2.71. The second-order valence-electron chi connectivity index (χ2n) is 13.3. The summed E-state index contributed by atoms with van der Waals surface area (Å²) < 4.78 is 0. The van der Waals surface area contributed by atoms with E-state index in [1.165, 1.54) is 0 Å². The molecule has 2 aromatic carbocycles. The topological polar surface area (TPSA) is 18.5 Å². The normalized spacial score (nSPS) is 18.4. The highest BCUT2D eigenvalue weighted by Gasteiger charge is 2.51. The van der Waals surface area contributed by atoms with E-state index in [-0.39, 0.29) is 22.7 Å². The van der Waals surface area contributed by atoms with Crippen LogP contribution in [0, 0.1) is 34.5 Å². The van der Waals surface area contributed by atoms with Crippen molar-refractivity contribution in [2.24, 2.45) is 34.5 Å². The molecule has 0 aromatic heterocycles. The van der Waals surface area contributed by atoms with Crippen molar-refractivity contribution in [2.45, 2.75) is 94.3 Å². The Balaban J connectivity index is 2.67. The molecule has 0 heterocycles. The number of rotatable bonds is 9. The van der Waals surface area contributed by atoms with E-state index in [2.05, 4.69) is 144 Å². The molecule has 0 saturated carbocycles. The molecule has 0 aliphatic carbocycles. The van der Waals surface area contributed by atoms with Crippen LogP contribution in [0.2, 0.25) is 0 Å². The molecule has 0 N–H and O–H groups in total. The van der Waals surface area contributed by atoms with Crippen LogP contribution in [0.15, 0.2) is 60.7 Å². The van der Waals surface area contributed by atoms with Gasteiger partial charge in [0.2, 0.25) is 0 Å². The molecule has 0 aliphatic rings. The predicted molar refractivity (Wildman–Crippen MR) is 145 cm³/mol. The molecule has 0 saturated heterocycles.